The Kier molecular flexibility index (Phi) is 9.08. The minimum atomic E-state index is -0.0409. The van der Waals surface area contributed by atoms with Crippen molar-refractivity contribution in [3.8, 4) is 0 Å². The molecule has 0 saturated carbocycles. The Morgan fingerprint density at radius 3 is 2.17 bits per heavy atom. The van der Waals surface area contributed by atoms with Gasteiger partial charge in [0.05, 0.1) is 0 Å². The van der Waals surface area contributed by atoms with E-state index in [1.807, 2.05) is 0 Å². The highest BCUT2D eigenvalue weighted by Gasteiger charge is 2.22. The summed E-state index contributed by atoms with van der Waals surface area (Å²) in [6, 6.07) is 0. The minimum Gasteiger partial charge on any atom is -0.325 e. The van der Waals surface area contributed by atoms with Crippen LogP contribution in [0, 0.1) is 5.92 Å². The topological polar surface area (TPSA) is 26.0 Å². The van der Waals surface area contributed by atoms with Gasteiger partial charge in [0, 0.05) is 11.4 Å². The molecule has 1 unspecified atom stereocenters. The molecule has 0 radical (unpaired) electrons. The van der Waals surface area contributed by atoms with Crippen LogP contribution in [0.5, 0.6) is 0 Å². The van der Waals surface area contributed by atoms with Gasteiger partial charge in [0.1, 0.15) is 0 Å². The Hall–Kier alpha value is 0.730. The fraction of sp³-hybridized carbons (Fsp3) is 1.00. The molecule has 0 aromatic rings. The Bertz CT molecular complexity index is 101. The first-order chi connectivity index (χ1) is 5.02. The average Bonchev–Trinajstić information content (AvgIpc) is 1.87. The van der Waals surface area contributed by atoms with E-state index in [1.165, 1.54) is 0 Å². The molecule has 0 aliphatic rings. The summed E-state index contributed by atoms with van der Waals surface area (Å²) in [4.78, 5) is 0. The molecule has 12 heavy (non-hydrogen) atoms. The summed E-state index contributed by atoms with van der Waals surface area (Å²) < 4.78 is 0. The van der Waals surface area contributed by atoms with Crippen LogP contribution in [-0.4, -0.2) is 11.4 Å². The summed E-state index contributed by atoms with van der Waals surface area (Å²) in [6.07, 6.45) is 3.39. The molecule has 3 heteroatoms. The average molecular weight is 259 g/mol. The highest BCUT2D eigenvalue weighted by atomic mass is 79.9. The third kappa shape index (κ3) is 6.27. The number of alkyl halides is 1. The first kappa shape index (κ1) is 15.2. The molecule has 1 atom stereocenters. The van der Waals surface area contributed by atoms with Crippen LogP contribution in [0.1, 0.15) is 40.0 Å². The van der Waals surface area contributed by atoms with Gasteiger partial charge < -0.3 is 5.73 Å². The van der Waals surface area contributed by atoms with Crippen molar-refractivity contribution in [2.75, 3.05) is 5.88 Å². The second-order valence-electron chi connectivity index (χ2n) is 3.76. The predicted octanol–water partition coefficient (Wildman–Crippen LogP) is 3.35. The van der Waals surface area contributed by atoms with Crippen LogP contribution in [0.2, 0.25) is 0 Å². The molecular formula is C9H21BrClN. The molecule has 0 aromatic carbocycles. The molecule has 2 N–H and O–H groups in total. The third-order valence-electron chi connectivity index (χ3n) is 2.23. The predicted molar refractivity (Wildman–Crippen MR) is 62.3 cm³/mol. The molecule has 0 spiro atoms. The van der Waals surface area contributed by atoms with Crippen molar-refractivity contribution < 1.29 is 0 Å². The minimum absolute atomic E-state index is 0. The van der Waals surface area contributed by atoms with Gasteiger partial charge in [0.25, 0.3) is 0 Å². The van der Waals surface area contributed by atoms with Crippen molar-refractivity contribution in [1.82, 2.24) is 0 Å². The Morgan fingerprint density at radius 1 is 1.42 bits per heavy atom. The van der Waals surface area contributed by atoms with Crippen molar-refractivity contribution in [3.63, 3.8) is 0 Å². The van der Waals surface area contributed by atoms with Gasteiger partial charge in [-0.1, -0.05) is 13.3 Å². The molecule has 0 aliphatic heterocycles. The second-order valence-corrected chi connectivity index (χ2v) is 4.14. The zero-order valence-corrected chi connectivity index (χ0v) is 10.7. The maximum Gasteiger partial charge on any atom is 0.0223 e. The Labute approximate surface area is 91.8 Å². The monoisotopic (exact) mass is 257 g/mol. The summed E-state index contributed by atoms with van der Waals surface area (Å²) in [7, 11) is 0. The standard InChI is InChI=1S/C9H20ClN.BrH/c1-4-8(6-5-7-10)9(2,3)11;/h8H,4-7,11H2,1-3H3;1H. The largest absolute Gasteiger partial charge is 0.325 e. The summed E-state index contributed by atoms with van der Waals surface area (Å²) in [5, 5.41) is 0. The number of nitrogens with two attached hydrogens (primary N) is 1. The van der Waals surface area contributed by atoms with E-state index in [1.54, 1.807) is 0 Å². The smallest absolute Gasteiger partial charge is 0.0223 e. The maximum absolute atomic E-state index is 5.99. The summed E-state index contributed by atoms with van der Waals surface area (Å²) in [5.41, 5.74) is 5.95. The lowest BCUT2D eigenvalue weighted by atomic mass is 9.83. The molecule has 0 bridgehead atoms. The molecule has 0 fully saturated rings. The second kappa shape index (κ2) is 7.16. The van der Waals surface area contributed by atoms with Gasteiger partial charge in [0.2, 0.25) is 0 Å². The summed E-state index contributed by atoms with van der Waals surface area (Å²) in [5.74, 6) is 1.37. The van der Waals surface area contributed by atoms with Crippen LogP contribution in [0.3, 0.4) is 0 Å². The first-order valence-electron chi connectivity index (χ1n) is 4.37. The number of halogens is 2. The lowest BCUT2D eigenvalue weighted by molar-refractivity contribution is 0.291. The molecule has 0 aliphatic carbocycles. The van der Waals surface area contributed by atoms with Crippen molar-refractivity contribution in [2.45, 2.75) is 45.6 Å². The summed E-state index contributed by atoms with van der Waals surface area (Å²) >= 11 is 5.61. The van der Waals surface area contributed by atoms with Gasteiger partial charge >= 0.3 is 0 Å². The quantitative estimate of drug-likeness (QED) is 0.752. The van der Waals surface area contributed by atoms with Gasteiger partial charge in [0.15, 0.2) is 0 Å². The van der Waals surface area contributed by atoms with Gasteiger partial charge in [-0.15, -0.1) is 28.6 Å². The van der Waals surface area contributed by atoms with E-state index in [2.05, 4.69) is 20.8 Å². The molecular weight excluding hydrogens is 237 g/mol. The SMILES string of the molecule is Br.CCC(CCCCl)C(C)(C)N. The summed E-state index contributed by atoms with van der Waals surface area (Å²) in [6.45, 7) is 6.37. The maximum atomic E-state index is 5.99. The van der Waals surface area contributed by atoms with Crippen LogP contribution >= 0.6 is 28.6 Å². The van der Waals surface area contributed by atoms with Crippen molar-refractivity contribution in [3.05, 3.63) is 0 Å². The van der Waals surface area contributed by atoms with Crippen LogP contribution in [-0.2, 0) is 0 Å². The lowest BCUT2D eigenvalue weighted by Gasteiger charge is -2.29. The highest BCUT2D eigenvalue weighted by molar-refractivity contribution is 8.93. The number of hydrogen-bond donors (Lipinski definition) is 1. The van der Waals surface area contributed by atoms with E-state index in [0.717, 1.165) is 25.1 Å². The molecule has 76 valence electrons. The Balaban J connectivity index is 0. The third-order valence-corrected chi connectivity index (χ3v) is 2.50. The van der Waals surface area contributed by atoms with Crippen LogP contribution in [0.25, 0.3) is 0 Å². The van der Waals surface area contributed by atoms with Crippen molar-refractivity contribution in [1.29, 1.82) is 0 Å². The number of hydrogen-bond acceptors (Lipinski definition) is 1. The molecule has 0 aromatic heterocycles. The van der Waals surface area contributed by atoms with Crippen LogP contribution in [0.4, 0.5) is 0 Å². The van der Waals surface area contributed by atoms with E-state index in [0.29, 0.717) is 5.92 Å². The highest BCUT2D eigenvalue weighted by Crippen LogP contribution is 2.22. The number of rotatable bonds is 5. The van der Waals surface area contributed by atoms with E-state index >= 15 is 0 Å². The molecule has 1 nitrogen and oxygen atoms in total. The molecule has 0 saturated heterocycles. The van der Waals surface area contributed by atoms with E-state index in [9.17, 15) is 0 Å². The van der Waals surface area contributed by atoms with Gasteiger partial charge in [-0.2, -0.15) is 0 Å². The fourth-order valence-corrected chi connectivity index (χ4v) is 1.58. The van der Waals surface area contributed by atoms with E-state index in [-0.39, 0.29) is 22.5 Å². The van der Waals surface area contributed by atoms with Crippen molar-refractivity contribution in [2.24, 2.45) is 11.7 Å². The normalized spacial score (nSPS) is 13.8. The lowest BCUT2D eigenvalue weighted by Crippen LogP contribution is -2.40. The fourth-order valence-electron chi connectivity index (χ4n) is 1.43. The molecule has 0 rings (SSSR count). The Morgan fingerprint density at radius 2 is 1.92 bits per heavy atom. The molecule has 0 amide bonds. The van der Waals surface area contributed by atoms with Gasteiger partial charge in [-0.3, -0.25) is 0 Å². The van der Waals surface area contributed by atoms with E-state index < -0.39 is 0 Å². The molecule has 0 heterocycles. The zero-order chi connectivity index (χ0) is 8.91. The van der Waals surface area contributed by atoms with E-state index in [4.69, 9.17) is 17.3 Å². The van der Waals surface area contributed by atoms with Crippen LogP contribution in [0.15, 0.2) is 0 Å². The first-order valence-corrected chi connectivity index (χ1v) is 4.90. The zero-order valence-electron chi connectivity index (χ0n) is 8.27. The van der Waals surface area contributed by atoms with Gasteiger partial charge in [-0.25, -0.2) is 0 Å². The van der Waals surface area contributed by atoms with Crippen LogP contribution < -0.4 is 5.73 Å². The van der Waals surface area contributed by atoms with Gasteiger partial charge in [-0.05, 0) is 32.6 Å². The van der Waals surface area contributed by atoms with Crippen molar-refractivity contribution >= 4 is 28.6 Å².